The van der Waals surface area contributed by atoms with Gasteiger partial charge in [-0.15, -0.1) is 0 Å². The quantitative estimate of drug-likeness (QED) is 0.767. The Bertz CT molecular complexity index is 733. The van der Waals surface area contributed by atoms with E-state index in [9.17, 15) is 9.59 Å². The summed E-state index contributed by atoms with van der Waals surface area (Å²) in [6.07, 6.45) is -0.0785. The maximum atomic E-state index is 12.6. The van der Waals surface area contributed by atoms with E-state index in [2.05, 4.69) is 11.6 Å². The average molecular weight is 392 g/mol. The van der Waals surface area contributed by atoms with Crippen LogP contribution in [-0.2, 0) is 9.47 Å². The standard InChI is InChI=1S/C20H28N2O6/c1-13(14-8-9-21-16-15(14)25-10-11-26-16)12-22(17(23)27-19(2,3)4)18(24)28-20(5,6)7/h8-9H,1,10-12H2,2-7H3. The number of imide groups is 1. The molecule has 0 unspecified atom stereocenters. The third-order valence-electron chi connectivity index (χ3n) is 3.40. The average Bonchev–Trinajstić information content (AvgIpc) is 2.55. The van der Waals surface area contributed by atoms with E-state index >= 15 is 0 Å². The van der Waals surface area contributed by atoms with Crippen LogP contribution in [0.25, 0.3) is 5.57 Å². The first-order valence-corrected chi connectivity index (χ1v) is 9.03. The van der Waals surface area contributed by atoms with E-state index in [1.54, 1.807) is 53.8 Å². The molecule has 0 bridgehead atoms. The number of ether oxygens (including phenoxy) is 4. The zero-order valence-corrected chi connectivity index (χ0v) is 17.3. The zero-order valence-electron chi connectivity index (χ0n) is 17.3. The lowest BCUT2D eigenvalue weighted by atomic mass is 10.1. The Kier molecular flexibility index (Phi) is 6.21. The van der Waals surface area contributed by atoms with Gasteiger partial charge in [0.15, 0.2) is 5.75 Å². The molecule has 1 aromatic heterocycles. The van der Waals surface area contributed by atoms with Crippen molar-refractivity contribution in [3.05, 3.63) is 24.4 Å². The van der Waals surface area contributed by atoms with Gasteiger partial charge in [0.2, 0.25) is 0 Å². The summed E-state index contributed by atoms with van der Waals surface area (Å²) in [6.45, 7) is 15.0. The Morgan fingerprint density at radius 3 is 2.14 bits per heavy atom. The molecule has 0 radical (unpaired) electrons. The third kappa shape index (κ3) is 5.87. The summed E-state index contributed by atoms with van der Waals surface area (Å²) in [5.41, 5.74) is -0.487. The molecule has 1 aliphatic rings. The Morgan fingerprint density at radius 1 is 1.07 bits per heavy atom. The van der Waals surface area contributed by atoms with Crippen molar-refractivity contribution in [3.63, 3.8) is 0 Å². The Hall–Kier alpha value is -2.77. The van der Waals surface area contributed by atoms with Crippen molar-refractivity contribution in [3.8, 4) is 11.6 Å². The van der Waals surface area contributed by atoms with Crippen molar-refractivity contribution < 1.29 is 28.5 Å². The SMILES string of the molecule is C=C(CN(C(=O)OC(C)(C)C)C(=O)OC(C)(C)C)c1ccnc2c1OCCO2. The van der Waals surface area contributed by atoms with Gasteiger partial charge in [0.1, 0.15) is 24.4 Å². The Balaban J connectivity index is 2.27. The molecule has 154 valence electrons. The predicted octanol–water partition coefficient (Wildman–Crippen LogP) is 4.04. The van der Waals surface area contributed by atoms with E-state index in [1.165, 1.54) is 0 Å². The normalized spacial score (nSPS) is 13.5. The molecule has 2 rings (SSSR count). The molecule has 0 fully saturated rings. The first kappa shape index (κ1) is 21.5. The van der Waals surface area contributed by atoms with Crippen LogP contribution in [0.5, 0.6) is 11.6 Å². The van der Waals surface area contributed by atoms with Crippen LogP contribution in [0.15, 0.2) is 18.8 Å². The molecule has 0 saturated carbocycles. The second kappa shape index (κ2) is 8.08. The molecule has 8 heteroatoms. The first-order valence-electron chi connectivity index (χ1n) is 9.03. The Morgan fingerprint density at radius 2 is 1.61 bits per heavy atom. The smallest absolute Gasteiger partial charge is 0.420 e. The maximum Gasteiger partial charge on any atom is 0.420 e. The highest BCUT2D eigenvalue weighted by Crippen LogP contribution is 2.35. The number of carbonyl (C=O) groups excluding carboxylic acids is 2. The van der Waals surface area contributed by atoms with Crippen LogP contribution in [-0.4, -0.2) is 53.0 Å². The highest BCUT2D eigenvalue weighted by molar-refractivity contribution is 5.90. The molecule has 0 N–H and O–H groups in total. The summed E-state index contributed by atoms with van der Waals surface area (Å²) in [5, 5.41) is 0. The second-order valence-electron chi connectivity index (χ2n) is 8.34. The molecule has 28 heavy (non-hydrogen) atoms. The van der Waals surface area contributed by atoms with E-state index in [-0.39, 0.29) is 6.54 Å². The van der Waals surface area contributed by atoms with E-state index < -0.39 is 23.4 Å². The van der Waals surface area contributed by atoms with Crippen molar-refractivity contribution in [1.29, 1.82) is 0 Å². The monoisotopic (exact) mass is 392 g/mol. The fourth-order valence-corrected chi connectivity index (χ4v) is 2.35. The van der Waals surface area contributed by atoms with Crippen LogP contribution in [0.3, 0.4) is 0 Å². The fourth-order valence-electron chi connectivity index (χ4n) is 2.35. The zero-order chi connectivity index (χ0) is 21.1. The summed E-state index contributed by atoms with van der Waals surface area (Å²) in [6, 6.07) is 1.69. The van der Waals surface area contributed by atoms with Crippen molar-refractivity contribution in [1.82, 2.24) is 9.88 Å². The minimum absolute atomic E-state index is 0.135. The summed E-state index contributed by atoms with van der Waals surface area (Å²) in [5.74, 6) is 0.790. The van der Waals surface area contributed by atoms with E-state index in [4.69, 9.17) is 18.9 Å². The van der Waals surface area contributed by atoms with Crippen molar-refractivity contribution >= 4 is 17.8 Å². The third-order valence-corrected chi connectivity index (χ3v) is 3.40. The lowest BCUT2D eigenvalue weighted by Gasteiger charge is -2.29. The highest BCUT2D eigenvalue weighted by Gasteiger charge is 2.32. The summed E-state index contributed by atoms with van der Waals surface area (Å²) >= 11 is 0. The summed E-state index contributed by atoms with van der Waals surface area (Å²) < 4.78 is 21.8. The van der Waals surface area contributed by atoms with Crippen LogP contribution in [0, 0.1) is 0 Å². The minimum atomic E-state index is -0.817. The lowest BCUT2D eigenvalue weighted by Crippen LogP contribution is -2.44. The van der Waals surface area contributed by atoms with Gasteiger partial charge in [-0.3, -0.25) is 0 Å². The molecule has 0 aromatic carbocycles. The maximum absolute atomic E-state index is 12.6. The van der Waals surface area contributed by atoms with Crippen molar-refractivity contribution in [2.24, 2.45) is 0 Å². The van der Waals surface area contributed by atoms with E-state index in [0.717, 1.165) is 4.90 Å². The van der Waals surface area contributed by atoms with Gasteiger partial charge in [-0.05, 0) is 53.2 Å². The van der Waals surface area contributed by atoms with Gasteiger partial charge in [-0.25, -0.2) is 19.5 Å². The number of rotatable bonds is 3. The number of carbonyl (C=O) groups is 2. The Labute approximate surface area is 165 Å². The van der Waals surface area contributed by atoms with Gasteiger partial charge in [-0.1, -0.05) is 6.58 Å². The molecular weight excluding hydrogens is 364 g/mol. The number of hydrogen-bond donors (Lipinski definition) is 0. The fraction of sp³-hybridized carbons (Fsp3) is 0.550. The molecule has 0 spiro atoms. The van der Waals surface area contributed by atoms with Gasteiger partial charge in [0, 0.05) is 11.8 Å². The molecule has 0 atom stereocenters. The van der Waals surface area contributed by atoms with Gasteiger partial charge in [0.25, 0.3) is 5.88 Å². The summed E-state index contributed by atoms with van der Waals surface area (Å²) in [4.78, 5) is 30.3. The van der Waals surface area contributed by atoms with E-state index in [1.807, 2.05) is 0 Å². The van der Waals surface area contributed by atoms with Crippen LogP contribution >= 0.6 is 0 Å². The minimum Gasteiger partial charge on any atom is -0.484 e. The number of aromatic nitrogens is 1. The number of fused-ring (bicyclic) bond motifs is 1. The van der Waals surface area contributed by atoms with Crippen molar-refractivity contribution in [2.45, 2.75) is 52.7 Å². The number of nitrogens with zero attached hydrogens (tertiary/aromatic N) is 2. The van der Waals surface area contributed by atoms with Crippen LogP contribution in [0.4, 0.5) is 9.59 Å². The molecule has 2 heterocycles. The number of hydrogen-bond acceptors (Lipinski definition) is 7. The molecule has 1 aliphatic heterocycles. The largest absolute Gasteiger partial charge is 0.484 e. The number of amides is 2. The second-order valence-corrected chi connectivity index (χ2v) is 8.34. The predicted molar refractivity (Wildman–Crippen MR) is 103 cm³/mol. The van der Waals surface area contributed by atoms with Crippen LogP contribution in [0.1, 0.15) is 47.1 Å². The molecule has 2 amide bonds. The lowest BCUT2D eigenvalue weighted by molar-refractivity contribution is 0.00412. The number of pyridine rings is 1. The molecule has 0 saturated heterocycles. The molecule has 0 aliphatic carbocycles. The van der Waals surface area contributed by atoms with E-state index in [0.29, 0.717) is 36.0 Å². The first-order chi connectivity index (χ1) is 12.9. The molecule has 1 aromatic rings. The topological polar surface area (TPSA) is 87.2 Å². The van der Waals surface area contributed by atoms with Gasteiger partial charge in [0.05, 0.1) is 6.54 Å². The van der Waals surface area contributed by atoms with Crippen molar-refractivity contribution in [2.75, 3.05) is 19.8 Å². The van der Waals surface area contributed by atoms with Gasteiger partial charge < -0.3 is 18.9 Å². The van der Waals surface area contributed by atoms with Gasteiger partial charge >= 0.3 is 12.2 Å². The van der Waals surface area contributed by atoms with Gasteiger partial charge in [-0.2, -0.15) is 0 Å². The molecule has 8 nitrogen and oxygen atoms in total. The van der Waals surface area contributed by atoms with Crippen LogP contribution < -0.4 is 9.47 Å². The molecular formula is C20H28N2O6. The highest BCUT2D eigenvalue weighted by atomic mass is 16.6. The summed E-state index contributed by atoms with van der Waals surface area (Å²) in [7, 11) is 0. The van der Waals surface area contributed by atoms with Crippen LogP contribution in [0.2, 0.25) is 0 Å².